The van der Waals surface area contributed by atoms with Crippen molar-refractivity contribution >= 4 is 6.01 Å². The van der Waals surface area contributed by atoms with Gasteiger partial charge < -0.3 is 19.5 Å². The molecule has 1 aliphatic heterocycles. The molecule has 1 aromatic rings. The van der Waals surface area contributed by atoms with Crippen LogP contribution >= 0.6 is 0 Å². The van der Waals surface area contributed by atoms with Crippen LogP contribution in [0.4, 0.5) is 6.01 Å². The monoisotopic (exact) mass is 266 g/mol. The van der Waals surface area contributed by atoms with E-state index in [4.69, 9.17) is 4.42 Å². The molecular weight excluding hydrogens is 240 g/mol. The first kappa shape index (κ1) is 14.3. The predicted octanol–water partition coefficient (Wildman–Crippen LogP) is 1.70. The third-order valence-corrected chi connectivity index (χ3v) is 3.72. The van der Waals surface area contributed by atoms with Crippen molar-refractivity contribution in [3.8, 4) is 0 Å². The molecule has 1 atom stereocenters. The van der Waals surface area contributed by atoms with E-state index in [0.29, 0.717) is 6.04 Å². The van der Waals surface area contributed by atoms with Gasteiger partial charge in [0.05, 0.1) is 5.69 Å². The van der Waals surface area contributed by atoms with E-state index >= 15 is 0 Å². The zero-order valence-electron chi connectivity index (χ0n) is 12.4. The van der Waals surface area contributed by atoms with Gasteiger partial charge in [-0.25, -0.2) is 0 Å². The first-order valence-electron chi connectivity index (χ1n) is 7.27. The largest absolute Gasteiger partial charge is 0.432 e. The van der Waals surface area contributed by atoms with Crippen LogP contribution in [0.1, 0.15) is 31.9 Å². The summed E-state index contributed by atoms with van der Waals surface area (Å²) >= 11 is 0. The van der Waals surface area contributed by atoms with Crippen LogP contribution in [0.3, 0.4) is 0 Å². The molecule has 0 aromatic carbocycles. The molecule has 0 amide bonds. The fourth-order valence-corrected chi connectivity index (χ4v) is 2.54. The normalized spacial score (nSPS) is 20.7. The average Bonchev–Trinajstić information content (AvgIpc) is 2.87. The molecule has 108 valence electrons. The first-order chi connectivity index (χ1) is 9.20. The van der Waals surface area contributed by atoms with Crippen LogP contribution in [0.2, 0.25) is 0 Å². The molecule has 1 N–H and O–H groups in total. The Morgan fingerprint density at radius 1 is 1.58 bits per heavy atom. The Bertz CT molecular complexity index is 379. The van der Waals surface area contributed by atoms with Gasteiger partial charge in [-0.3, -0.25) is 0 Å². The number of nitrogens with zero attached hydrogens (tertiary/aromatic N) is 3. The quantitative estimate of drug-likeness (QED) is 0.794. The van der Waals surface area contributed by atoms with Gasteiger partial charge in [-0.1, -0.05) is 6.92 Å². The maximum atomic E-state index is 5.60. The number of anilines is 1. The maximum absolute atomic E-state index is 5.60. The fourth-order valence-electron chi connectivity index (χ4n) is 2.54. The number of likely N-dealkylation sites (tertiary alicyclic amines) is 1. The molecular formula is C14H26N4O. The van der Waals surface area contributed by atoms with E-state index in [1.54, 1.807) is 6.26 Å². The molecule has 0 spiro atoms. The Hall–Kier alpha value is -1.07. The van der Waals surface area contributed by atoms with Gasteiger partial charge in [0, 0.05) is 26.2 Å². The molecule has 0 saturated carbocycles. The molecule has 0 aliphatic carbocycles. The molecule has 1 saturated heterocycles. The van der Waals surface area contributed by atoms with Crippen LogP contribution in [-0.4, -0.2) is 49.7 Å². The smallest absolute Gasteiger partial charge is 0.297 e. The van der Waals surface area contributed by atoms with Crippen LogP contribution in [0.5, 0.6) is 0 Å². The van der Waals surface area contributed by atoms with E-state index in [-0.39, 0.29) is 0 Å². The molecule has 5 heteroatoms. The highest BCUT2D eigenvalue weighted by Crippen LogP contribution is 2.20. The standard InChI is InChI=1S/C14H26N4O/c1-4-7-15-9-12-11-19-14(16-12)18(3)13-6-5-8-17(2)10-13/h11,13,15H,4-10H2,1-3H3. The van der Waals surface area contributed by atoms with Gasteiger partial charge in [0.15, 0.2) is 0 Å². The van der Waals surface area contributed by atoms with Crippen LogP contribution in [0, 0.1) is 0 Å². The number of hydrogen-bond acceptors (Lipinski definition) is 5. The van der Waals surface area contributed by atoms with E-state index in [0.717, 1.165) is 37.8 Å². The minimum Gasteiger partial charge on any atom is -0.432 e. The van der Waals surface area contributed by atoms with Crippen molar-refractivity contribution in [1.82, 2.24) is 15.2 Å². The highest BCUT2D eigenvalue weighted by Gasteiger charge is 2.23. The molecule has 1 fully saturated rings. The van der Waals surface area contributed by atoms with E-state index in [9.17, 15) is 0 Å². The second-order valence-electron chi connectivity index (χ2n) is 5.47. The molecule has 0 bridgehead atoms. The second-order valence-corrected chi connectivity index (χ2v) is 5.47. The Labute approximate surface area is 116 Å². The number of nitrogens with one attached hydrogen (secondary N) is 1. The summed E-state index contributed by atoms with van der Waals surface area (Å²) in [4.78, 5) is 9.11. The van der Waals surface area contributed by atoms with Gasteiger partial charge >= 0.3 is 0 Å². The lowest BCUT2D eigenvalue weighted by Gasteiger charge is -2.34. The van der Waals surface area contributed by atoms with E-state index < -0.39 is 0 Å². The summed E-state index contributed by atoms with van der Waals surface area (Å²) in [6.45, 7) is 6.25. The molecule has 1 aliphatic rings. The molecule has 2 rings (SSSR count). The predicted molar refractivity (Wildman–Crippen MR) is 77.4 cm³/mol. The van der Waals surface area contributed by atoms with E-state index in [2.05, 4.69) is 41.1 Å². The van der Waals surface area contributed by atoms with Crippen LogP contribution in [0.15, 0.2) is 10.7 Å². The van der Waals surface area contributed by atoms with Crippen molar-refractivity contribution < 1.29 is 4.42 Å². The summed E-state index contributed by atoms with van der Waals surface area (Å²) in [5.74, 6) is 0. The molecule has 0 radical (unpaired) electrons. The summed E-state index contributed by atoms with van der Waals surface area (Å²) < 4.78 is 5.60. The molecule has 1 unspecified atom stereocenters. The number of likely N-dealkylation sites (N-methyl/N-ethyl adjacent to an activating group) is 2. The Morgan fingerprint density at radius 3 is 3.16 bits per heavy atom. The summed E-state index contributed by atoms with van der Waals surface area (Å²) in [6.07, 6.45) is 5.36. The van der Waals surface area contributed by atoms with Crippen LogP contribution < -0.4 is 10.2 Å². The minimum atomic E-state index is 0.508. The topological polar surface area (TPSA) is 44.5 Å². The lowest BCUT2D eigenvalue weighted by atomic mass is 10.1. The molecule has 19 heavy (non-hydrogen) atoms. The van der Waals surface area contributed by atoms with Crippen molar-refractivity contribution in [1.29, 1.82) is 0 Å². The summed E-state index contributed by atoms with van der Waals surface area (Å²) in [5.41, 5.74) is 0.986. The lowest BCUT2D eigenvalue weighted by Crippen LogP contribution is -2.45. The second kappa shape index (κ2) is 6.91. The number of rotatable bonds is 6. The number of piperidine rings is 1. The van der Waals surface area contributed by atoms with Crippen molar-refractivity contribution in [2.24, 2.45) is 0 Å². The zero-order chi connectivity index (χ0) is 13.7. The van der Waals surface area contributed by atoms with Gasteiger partial charge in [0.25, 0.3) is 6.01 Å². The SMILES string of the molecule is CCCNCc1coc(N(C)C2CCCN(C)C2)n1. The highest BCUT2D eigenvalue weighted by molar-refractivity contribution is 5.28. The van der Waals surface area contributed by atoms with Crippen molar-refractivity contribution in [3.63, 3.8) is 0 Å². The summed E-state index contributed by atoms with van der Waals surface area (Å²) in [5, 5.41) is 3.34. The minimum absolute atomic E-state index is 0.508. The lowest BCUT2D eigenvalue weighted by molar-refractivity contribution is 0.244. The first-order valence-corrected chi connectivity index (χ1v) is 7.27. The van der Waals surface area contributed by atoms with Crippen LogP contribution in [-0.2, 0) is 6.54 Å². The summed E-state index contributed by atoms with van der Waals surface area (Å²) in [7, 11) is 4.26. The Kier molecular flexibility index (Phi) is 5.22. The third kappa shape index (κ3) is 3.94. The van der Waals surface area contributed by atoms with Gasteiger partial charge in [-0.15, -0.1) is 0 Å². The molecule has 2 heterocycles. The Morgan fingerprint density at radius 2 is 2.42 bits per heavy atom. The van der Waals surface area contributed by atoms with Crippen LogP contribution in [0.25, 0.3) is 0 Å². The van der Waals surface area contributed by atoms with Gasteiger partial charge in [-0.2, -0.15) is 4.98 Å². The summed E-state index contributed by atoms with van der Waals surface area (Å²) in [6, 6.07) is 1.25. The average molecular weight is 266 g/mol. The van der Waals surface area contributed by atoms with Crippen molar-refractivity contribution in [3.05, 3.63) is 12.0 Å². The van der Waals surface area contributed by atoms with Gasteiger partial charge in [0.1, 0.15) is 6.26 Å². The van der Waals surface area contributed by atoms with E-state index in [1.807, 2.05) is 0 Å². The fraction of sp³-hybridized carbons (Fsp3) is 0.786. The van der Waals surface area contributed by atoms with Gasteiger partial charge in [0.2, 0.25) is 0 Å². The number of hydrogen-bond donors (Lipinski definition) is 1. The van der Waals surface area contributed by atoms with E-state index in [1.165, 1.54) is 19.4 Å². The maximum Gasteiger partial charge on any atom is 0.297 e. The van der Waals surface area contributed by atoms with Crippen molar-refractivity contribution in [2.75, 3.05) is 38.6 Å². The Balaban J connectivity index is 1.89. The van der Waals surface area contributed by atoms with Crippen molar-refractivity contribution in [2.45, 2.75) is 38.8 Å². The zero-order valence-corrected chi connectivity index (χ0v) is 12.4. The molecule has 1 aromatic heterocycles. The number of aromatic nitrogens is 1. The number of oxazole rings is 1. The third-order valence-electron chi connectivity index (χ3n) is 3.72. The highest BCUT2D eigenvalue weighted by atomic mass is 16.4. The van der Waals surface area contributed by atoms with Gasteiger partial charge in [-0.05, 0) is 39.4 Å². The molecule has 5 nitrogen and oxygen atoms in total.